The first-order chi connectivity index (χ1) is 25.5. The number of likely N-dealkylation sites (tertiary alicyclic amines) is 2. The molecule has 1 aromatic carbocycles. The molecule has 0 spiro atoms. The number of rotatable bonds is 14. The molecule has 17 nitrogen and oxygen atoms in total. The van der Waals surface area contributed by atoms with Gasteiger partial charge in [0, 0.05) is 65.4 Å². The number of likely N-dealkylation sites (N-methyl/N-ethyl adjacent to an activating group) is 1. The molecule has 6 atom stereocenters. The molecule has 292 valence electrons. The van der Waals surface area contributed by atoms with Gasteiger partial charge in [0.05, 0.1) is 6.10 Å². The molecule has 5 N–H and O–H groups in total. The second kappa shape index (κ2) is 18.0. The molecule has 2 fully saturated rings. The highest BCUT2D eigenvalue weighted by molar-refractivity contribution is 6.00. The van der Waals surface area contributed by atoms with Crippen molar-refractivity contribution in [2.24, 2.45) is 0 Å². The van der Waals surface area contributed by atoms with E-state index in [4.69, 9.17) is 0 Å². The van der Waals surface area contributed by atoms with Gasteiger partial charge in [-0.3, -0.25) is 28.8 Å². The predicted octanol–water partition coefficient (Wildman–Crippen LogP) is -0.0674. The highest BCUT2D eigenvalue weighted by Gasteiger charge is 2.44. The van der Waals surface area contributed by atoms with E-state index in [1.165, 1.54) is 42.1 Å². The van der Waals surface area contributed by atoms with Gasteiger partial charge in [-0.1, -0.05) is 19.1 Å². The number of Topliss-reactive ketones (excluding diaryl/α,β-unsaturated/α-hetero) is 1. The second-order valence-electron chi connectivity index (χ2n) is 13.8. The molecule has 0 aliphatic carbocycles. The van der Waals surface area contributed by atoms with Crippen LogP contribution >= 0.6 is 0 Å². The van der Waals surface area contributed by atoms with Crippen LogP contribution in [0.15, 0.2) is 42.6 Å². The van der Waals surface area contributed by atoms with E-state index in [9.17, 15) is 48.9 Å². The van der Waals surface area contributed by atoms with Gasteiger partial charge >= 0.3 is 5.97 Å². The largest absolute Gasteiger partial charge is 0.505 e. The Morgan fingerprint density at radius 3 is 2.22 bits per heavy atom. The summed E-state index contributed by atoms with van der Waals surface area (Å²) in [6.07, 6.45) is 0.326. The Kier molecular flexibility index (Phi) is 13.7. The molecular weight excluding hydrogens is 702 g/mol. The van der Waals surface area contributed by atoms with E-state index >= 15 is 0 Å². The molecule has 54 heavy (non-hydrogen) atoms. The zero-order valence-corrected chi connectivity index (χ0v) is 31.1. The quantitative estimate of drug-likeness (QED) is 0.171. The molecule has 0 saturated carbocycles. The van der Waals surface area contributed by atoms with E-state index in [1.807, 2.05) is 43.3 Å². The molecule has 0 unspecified atom stereocenters. The highest BCUT2D eigenvalue weighted by atomic mass is 16.4. The first-order valence-electron chi connectivity index (χ1n) is 17.9. The minimum absolute atomic E-state index is 0.0162. The SMILES string of the molecule is CC[C@@H](NC(=O)[C@@H](NC(=O)c1ncccc1O)[C@H](C)O)C(=O)N1CCC[C@H]1C(=O)N(C)[C@@H](Cc1ccc(N(C)C)cc1)C(=O)N1CCC(=O)C[C@H]1C(=O)O. The van der Waals surface area contributed by atoms with Crippen molar-refractivity contribution in [2.75, 3.05) is 39.1 Å². The first kappa shape index (κ1) is 41.2. The third-order valence-corrected chi connectivity index (χ3v) is 9.88. The van der Waals surface area contributed by atoms with Gasteiger partial charge < -0.3 is 45.6 Å². The van der Waals surface area contributed by atoms with E-state index in [0.29, 0.717) is 12.0 Å². The Balaban J connectivity index is 1.55. The fraction of sp³-hybridized carbons (Fsp3) is 0.514. The van der Waals surface area contributed by atoms with E-state index in [2.05, 4.69) is 15.6 Å². The summed E-state index contributed by atoms with van der Waals surface area (Å²) >= 11 is 0. The number of carbonyl (C=O) groups is 7. The number of carboxylic acid groups (broad SMARTS) is 1. The van der Waals surface area contributed by atoms with E-state index in [-0.39, 0.29) is 56.7 Å². The summed E-state index contributed by atoms with van der Waals surface area (Å²) in [5.74, 6) is -5.63. The zero-order valence-electron chi connectivity index (χ0n) is 31.1. The Morgan fingerprint density at radius 2 is 1.63 bits per heavy atom. The number of ketones is 1. The number of anilines is 1. The lowest BCUT2D eigenvalue weighted by Gasteiger charge is -2.39. The number of aliphatic carboxylic acids is 1. The van der Waals surface area contributed by atoms with Gasteiger partial charge in [0.25, 0.3) is 5.91 Å². The fourth-order valence-corrected chi connectivity index (χ4v) is 6.71. The number of hydrogen-bond donors (Lipinski definition) is 5. The van der Waals surface area contributed by atoms with Gasteiger partial charge in [0.15, 0.2) is 5.69 Å². The average Bonchev–Trinajstić information content (AvgIpc) is 3.64. The standard InChI is InChI=1S/C37H49N7O10/c1-6-25(39-32(48)30(21(2)45)40-33(49)31-29(47)10-7-16-38-31)34(50)43-17-8-9-26(43)35(51)42(5)27(19-22-11-13-23(14-12-22)41(3)4)36(52)44-18-15-24(46)20-28(44)37(53)54/h7,10-14,16,21,25-28,30,45,47H,6,8-9,15,17-20H2,1-5H3,(H,39,48)(H,40,49)(H,53,54)/t21-,25+,26-,27-,28-,30-/m0/s1. The van der Waals surface area contributed by atoms with Crippen molar-refractivity contribution < 1.29 is 48.9 Å². The number of aliphatic hydroxyl groups excluding tert-OH is 1. The molecular formula is C37H49N7O10. The molecule has 2 aromatic rings. The maximum Gasteiger partial charge on any atom is 0.326 e. The number of pyridine rings is 1. The van der Waals surface area contributed by atoms with Gasteiger partial charge in [0.1, 0.15) is 41.7 Å². The van der Waals surface area contributed by atoms with Crippen LogP contribution in [0.25, 0.3) is 0 Å². The van der Waals surface area contributed by atoms with Crippen LogP contribution < -0.4 is 15.5 Å². The Morgan fingerprint density at radius 1 is 0.963 bits per heavy atom. The minimum atomic E-state index is -1.53. The highest BCUT2D eigenvalue weighted by Crippen LogP contribution is 2.25. The molecule has 1 aromatic heterocycles. The molecule has 4 rings (SSSR count). The maximum atomic E-state index is 14.3. The number of piperidine rings is 1. The van der Waals surface area contributed by atoms with Crippen molar-refractivity contribution in [3.63, 3.8) is 0 Å². The smallest absolute Gasteiger partial charge is 0.326 e. The summed E-state index contributed by atoms with van der Waals surface area (Å²) in [6, 6.07) is 3.70. The van der Waals surface area contributed by atoms with Gasteiger partial charge in [-0.05, 0) is 56.0 Å². The molecule has 2 saturated heterocycles. The van der Waals surface area contributed by atoms with Crippen LogP contribution in [0.4, 0.5) is 5.69 Å². The Hall–Kier alpha value is -5.58. The van der Waals surface area contributed by atoms with Crippen LogP contribution in [0.2, 0.25) is 0 Å². The topological polar surface area (TPSA) is 230 Å². The van der Waals surface area contributed by atoms with Crippen molar-refractivity contribution in [3.05, 3.63) is 53.9 Å². The van der Waals surface area contributed by atoms with Crippen LogP contribution in [0, 0.1) is 0 Å². The van der Waals surface area contributed by atoms with Gasteiger partial charge in [-0.15, -0.1) is 0 Å². The third-order valence-electron chi connectivity index (χ3n) is 9.88. The average molecular weight is 752 g/mol. The molecule has 2 aliphatic heterocycles. The van der Waals surface area contributed by atoms with Crippen LogP contribution in [0.5, 0.6) is 5.75 Å². The number of nitrogens with one attached hydrogen (secondary N) is 2. The van der Waals surface area contributed by atoms with Crippen molar-refractivity contribution in [2.45, 2.75) is 88.7 Å². The number of amides is 5. The lowest BCUT2D eigenvalue weighted by atomic mass is 9.96. The third kappa shape index (κ3) is 9.50. The molecule has 5 amide bonds. The molecule has 0 radical (unpaired) electrons. The van der Waals surface area contributed by atoms with E-state index in [1.54, 1.807) is 6.92 Å². The second-order valence-corrected chi connectivity index (χ2v) is 13.8. The number of aliphatic hydroxyl groups is 1. The van der Waals surface area contributed by atoms with Crippen LogP contribution in [0.1, 0.15) is 62.0 Å². The number of nitrogens with zero attached hydrogens (tertiary/aromatic N) is 5. The van der Waals surface area contributed by atoms with Crippen LogP contribution in [-0.2, 0) is 35.2 Å². The van der Waals surface area contributed by atoms with Gasteiger partial charge in [-0.25, -0.2) is 9.78 Å². The van der Waals surface area contributed by atoms with Gasteiger partial charge in [-0.2, -0.15) is 0 Å². The summed E-state index contributed by atoms with van der Waals surface area (Å²) in [5.41, 5.74) is 1.24. The summed E-state index contributed by atoms with van der Waals surface area (Å²) in [6.45, 7) is 2.97. The number of aromatic nitrogens is 1. The lowest BCUT2D eigenvalue weighted by molar-refractivity contribution is -0.158. The lowest BCUT2D eigenvalue weighted by Crippen LogP contribution is -2.61. The molecule has 2 aliphatic rings. The number of benzene rings is 1. The number of hydrogen-bond acceptors (Lipinski definition) is 11. The Bertz CT molecular complexity index is 1730. The zero-order chi connectivity index (χ0) is 39.9. The number of carboxylic acids is 1. The van der Waals surface area contributed by atoms with Crippen LogP contribution in [0.3, 0.4) is 0 Å². The normalized spacial score (nSPS) is 19.3. The summed E-state index contributed by atoms with van der Waals surface area (Å²) < 4.78 is 0. The summed E-state index contributed by atoms with van der Waals surface area (Å²) in [5, 5.41) is 35.2. The van der Waals surface area contributed by atoms with Crippen molar-refractivity contribution >= 4 is 47.0 Å². The fourth-order valence-electron chi connectivity index (χ4n) is 6.71. The number of aromatic hydroxyl groups is 1. The first-order valence-corrected chi connectivity index (χ1v) is 17.9. The van der Waals surface area contributed by atoms with E-state index in [0.717, 1.165) is 10.6 Å². The molecule has 0 bridgehead atoms. The number of carbonyl (C=O) groups excluding carboxylic acids is 6. The Labute approximate surface area is 313 Å². The summed E-state index contributed by atoms with van der Waals surface area (Å²) in [7, 11) is 5.18. The van der Waals surface area contributed by atoms with Crippen molar-refractivity contribution in [1.82, 2.24) is 30.3 Å². The van der Waals surface area contributed by atoms with Crippen molar-refractivity contribution in [3.8, 4) is 5.75 Å². The van der Waals surface area contributed by atoms with Crippen molar-refractivity contribution in [1.29, 1.82) is 0 Å². The van der Waals surface area contributed by atoms with Crippen LogP contribution in [-0.4, -0.2) is 147 Å². The van der Waals surface area contributed by atoms with E-state index < -0.39 is 77.6 Å². The molecule has 17 heteroatoms. The maximum absolute atomic E-state index is 14.3. The summed E-state index contributed by atoms with van der Waals surface area (Å²) in [4.78, 5) is 102. The molecule has 3 heterocycles. The monoisotopic (exact) mass is 751 g/mol. The predicted molar refractivity (Wildman–Crippen MR) is 194 cm³/mol. The van der Waals surface area contributed by atoms with Gasteiger partial charge in [0.2, 0.25) is 23.6 Å². The minimum Gasteiger partial charge on any atom is -0.505 e.